The highest BCUT2D eigenvalue weighted by molar-refractivity contribution is 5.82. The second-order valence-electron chi connectivity index (χ2n) is 7.49. The fraction of sp³-hybridized carbons (Fsp3) is 0.579. The van der Waals surface area contributed by atoms with Crippen LogP contribution in [-0.4, -0.2) is 38.5 Å². The number of carbonyl (C=O) groups is 2. The molecule has 0 fully saturated rings. The highest BCUT2D eigenvalue weighted by Crippen LogP contribution is 2.14. The van der Waals surface area contributed by atoms with E-state index in [-0.39, 0.29) is 17.9 Å². The molecule has 0 unspecified atom stereocenters. The fourth-order valence-corrected chi connectivity index (χ4v) is 2.24. The number of hydrogen-bond donors (Lipinski definition) is 2. The van der Waals surface area contributed by atoms with Gasteiger partial charge in [0.15, 0.2) is 0 Å². The van der Waals surface area contributed by atoms with Crippen LogP contribution in [0.25, 0.3) is 0 Å². The Morgan fingerprint density at radius 3 is 2.21 bits per heavy atom. The van der Waals surface area contributed by atoms with Crippen molar-refractivity contribution in [2.45, 2.75) is 46.6 Å². The van der Waals surface area contributed by atoms with Crippen LogP contribution in [0.4, 0.5) is 5.69 Å². The molecule has 5 heteroatoms. The van der Waals surface area contributed by atoms with Gasteiger partial charge in [-0.1, -0.05) is 32.9 Å². The van der Waals surface area contributed by atoms with Gasteiger partial charge in [-0.2, -0.15) is 0 Å². The predicted octanol–water partition coefficient (Wildman–Crippen LogP) is 2.35. The first-order valence-corrected chi connectivity index (χ1v) is 8.43. The molecular weight excluding hydrogens is 302 g/mol. The first-order valence-electron chi connectivity index (χ1n) is 8.43. The van der Waals surface area contributed by atoms with Crippen LogP contribution in [-0.2, 0) is 16.0 Å². The molecule has 0 saturated carbocycles. The van der Waals surface area contributed by atoms with E-state index in [2.05, 4.69) is 39.8 Å². The first kappa shape index (κ1) is 20.0. The van der Waals surface area contributed by atoms with Gasteiger partial charge in [-0.25, -0.2) is 0 Å². The van der Waals surface area contributed by atoms with Crippen LogP contribution in [0.5, 0.6) is 0 Å². The number of amides is 2. The zero-order chi connectivity index (χ0) is 18.3. The normalized spacial score (nSPS) is 12.4. The molecule has 0 spiro atoms. The zero-order valence-corrected chi connectivity index (χ0v) is 15.8. The van der Waals surface area contributed by atoms with E-state index in [0.717, 1.165) is 12.1 Å². The van der Waals surface area contributed by atoms with Crippen molar-refractivity contribution < 1.29 is 9.59 Å². The van der Waals surface area contributed by atoms with Crippen LogP contribution < -0.4 is 15.5 Å². The molecule has 0 aliphatic heterocycles. The van der Waals surface area contributed by atoms with E-state index in [0.29, 0.717) is 13.0 Å². The summed E-state index contributed by atoms with van der Waals surface area (Å²) in [5.74, 6) is -0.0778. The Labute approximate surface area is 145 Å². The van der Waals surface area contributed by atoms with E-state index in [1.165, 1.54) is 5.56 Å². The highest BCUT2D eigenvalue weighted by atomic mass is 16.2. The van der Waals surface area contributed by atoms with E-state index in [9.17, 15) is 9.59 Å². The Hall–Kier alpha value is -2.04. The quantitative estimate of drug-likeness (QED) is 0.805. The largest absolute Gasteiger partial charge is 0.378 e. The van der Waals surface area contributed by atoms with Gasteiger partial charge in [0.1, 0.15) is 0 Å². The number of nitrogens with one attached hydrogen (secondary N) is 2. The first-order chi connectivity index (χ1) is 11.1. The third-order valence-corrected chi connectivity index (χ3v) is 3.72. The average molecular weight is 333 g/mol. The highest BCUT2D eigenvalue weighted by Gasteiger charge is 2.20. The van der Waals surface area contributed by atoms with Gasteiger partial charge >= 0.3 is 0 Å². The number of nitrogens with zero attached hydrogens (tertiary/aromatic N) is 1. The third kappa shape index (κ3) is 7.02. The molecule has 0 heterocycles. The molecule has 134 valence electrons. The van der Waals surface area contributed by atoms with Gasteiger partial charge < -0.3 is 15.5 Å². The Morgan fingerprint density at radius 1 is 1.12 bits per heavy atom. The lowest BCUT2D eigenvalue weighted by molar-refractivity contribution is -0.128. The minimum atomic E-state index is -0.428. The van der Waals surface area contributed by atoms with Crippen molar-refractivity contribution in [2.24, 2.45) is 5.41 Å². The standard InChI is InChI=1S/C19H31N3O2/c1-14(13-15-7-9-16(10-8-15)22(5)6)21-17(23)11-12-20-18(24)19(2,3)4/h7-10,14H,11-13H2,1-6H3,(H,20,24)(H,21,23)/t14-/m0/s1. The van der Waals surface area contributed by atoms with Crippen molar-refractivity contribution >= 4 is 17.5 Å². The second kappa shape index (κ2) is 8.71. The lowest BCUT2D eigenvalue weighted by Crippen LogP contribution is -2.39. The minimum Gasteiger partial charge on any atom is -0.378 e. The van der Waals surface area contributed by atoms with Crippen LogP contribution in [0.3, 0.4) is 0 Å². The van der Waals surface area contributed by atoms with E-state index in [1.807, 2.05) is 41.8 Å². The second-order valence-corrected chi connectivity index (χ2v) is 7.49. The number of benzene rings is 1. The molecule has 0 bridgehead atoms. The third-order valence-electron chi connectivity index (χ3n) is 3.72. The minimum absolute atomic E-state index is 0.0377. The van der Waals surface area contributed by atoms with Crippen LogP contribution in [0.15, 0.2) is 24.3 Å². The summed E-state index contributed by atoms with van der Waals surface area (Å²) in [6.45, 7) is 7.92. The Balaban J connectivity index is 2.35. The summed E-state index contributed by atoms with van der Waals surface area (Å²) in [4.78, 5) is 25.7. The molecule has 2 N–H and O–H groups in total. The van der Waals surface area contributed by atoms with Gasteiger partial charge in [0, 0.05) is 44.2 Å². The summed E-state index contributed by atoms with van der Waals surface area (Å²) in [6.07, 6.45) is 1.08. The molecular formula is C19H31N3O2. The molecule has 0 saturated heterocycles. The summed E-state index contributed by atoms with van der Waals surface area (Å²) in [6, 6.07) is 8.38. The molecule has 0 aromatic heterocycles. The molecule has 2 amide bonds. The van der Waals surface area contributed by atoms with Gasteiger partial charge in [-0.05, 0) is 31.0 Å². The number of carbonyl (C=O) groups excluding carboxylic acids is 2. The van der Waals surface area contributed by atoms with Crippen molar-refractivity contribution in [3.63, 3.8) is 0 Å². The van der Waals surface area contributed by atoms with Crippen molar-refractivity contribution in [1.29, 1.82) is 0 Å². The molecule has 1 atom stereocenters. The fourth-order valence-electron chi connectivity index (χ4n) is 2.24. The molecule has 1 aromatic carbocycles. The molecule has 0 aliphatic carbocycles. The van der Waals surface area contributed by atoms with E-state index >= 15 is 0 Å². The van der Waals surface area contributed by atoms with Gasteiger partial charge in [-0.3, -0.25) is 9.59 Å². The van der Waals surface area contributed by atoms with E-state index in [1.54, 1.807) is 0 Å². The van der Waals surface area contributed by atoms with Crippen molar-refractivity contribution in [1.82, 2.24) is 10.6 Å². The van der Waals surface area contributed by atoms with E-state index < -0.39 is 5.41 Å². The van der Waals surface area contributed by atoms with Crippen LogP contribution in [0.2, 0.25) is 0 Å². The number of rotatable bonds is 7. The van der Waals surface area contributed by atoms with Gasteiger partial charge in [0.25, 0.3) is 0 Å². The van der Waals surface area contributed by atoms with Gasteiger partial charge in [-0.15, -0.1) is 0 Å². The Morgan fingerprint density at radius 2 is 1.71 bits per heavy atom. The summed E-state index contributed by atoms with van der Waals surface area (Å²) in [7, 11) is 4.02. The molecule has 1 aromatic rings. The van der Waals surface area contributed by atoms with Crippen LogP contribution in [0.1, 0.15) is 39.7 Å². The predicted molar refractivity (Wildman–Crippen MR) is 99.2 cm³/mol. The Kier molecular flexibility index (Phi) is 7.26. The molecule has 0 radical (unpaired) electrons. The van der Waals surface area contributed by atoms with Crippen molar-refractivity contribution in [3.8, 4) is 0 Å². The van der Waals surface area contributed by atoms with Gasteiger partial charge in [0.05, 0.1) is 0 Å². The average Bonchev–Trinajstić information content (AvgIpc) is 2.46. The lowest BCUT2D eigenvalue weighted by Gasteiger charge is -2.18. The smallest absolute Gasteiger partial charge is 0.225 e. The van der Waals surface area contributed by atoms with Crippen molar-refractivity contribution in [2.75, 3.05) is 25.5 Å². The van der Waals surface area contributed by atoms with E-state index in [4.69, 9.17) is 0 Å². The Bertz CT molecular complexity index is 545. The summed E-state index contributed by atoms with van der Waals surface area (Å²) in [5.41, 5.74) is 1.92. The van der Waals surface area contributed by atoms with Gasteiger partial charge in [0.2, 0.25) is 11.8 Å². The molecule has 0 aliphatic rings. The topological polar surface area (TPSA) is 61.4 Å². The summed E-state index contributed by atoms with van der Waals surface area (Å²) >= 11 is 0. The zero-order valence-electron chi connectivity index (χ0n) is 15.8. The number of hydrogen-bond acceptors (Lipinski definition) is 3. The molecule has 24 heavy (non-hydrogen) atoms. The number of anilines is 1. The molecule has 1 rings (SSSR count). The SMILES string of the molecule is C[C@@H](Cc1ccc(N(C)C)cc1)NC(=O)CCNC(=O)C(C)(C)C. The molecule has 5 nitrogen and oxygen atoms in total. The maximum Gasteiger partial charge on any atom is 0.225 e. The van der Waals surface area contributed by atoms with Crippen molar-refractivity contribution in [3.05, 3.63) is 29.8 Å². The maximum absolute atomic E-state index is 11.9. The summed E-state index contributed by atoms with van der Waals surface area (Å²) in [5, 5.41) is 5.77. The summed E-state index contributed by atoms with van der Waals surface area (Å²) < 4.78 is 0. The van der Waals surface area contributed by atoms with Crippen LogP contribution in [0, 0.1) is 5.41 Å². The maximum atomic E-state index is 11.9. The monoisotopic (exact) mass is 333 g/mol. The van der Waals surface area contributed by atoms with Crippen LogP contribution >= 0.6 is 0 Å². The lowest BCUT2D eigenvalue weighted by atomic mass is 9.96.